The highest BCUT2D eigenvalue weighted by Crippen LogP contribution is 2.21. The third-order valence-corrected chi connectivity index (χ3v) is 4.16. The molecule has 0 saturated carbocycles. The van der Waals surface area contributed by atoms with Crippen LogP contribution in [0.5, 0.6) is 5.88 Å². The van der Waals surface area contributed by atoms with Gasteiger partial charge in [0, 0.05) is 31.7 Å². The van der Waals surface area contributed by atoms with Crippen LogP contribution in [0.25, 0.3) is 0 Å². The van der Waals surface area contributed by atoms with Gasteiger partial charge in [-0.3, -0.25) is 9.78 Å². The first kappa shape index (κ1) is 17.4. The highest BCUT2D eigenvalue weighted by atomic mass is 16.5. The molecule has 2 aromatic heterocycles. The lowest BCUT2D eigenvalue weighted by Gasteiger charge is -2.33. The lowest BCUT2D eigenvalue weighted by Crippen LogP contribution is -2.43. The standard InChI is InChI=1S/C19H23N3O3/c1-2-24-18-17(8-4-10-21-18)19(23)22-11-5-7-16(13-22)25-14-15-6-3-9-20-12-15/h3-4,6,8-10,12,16H,2,5,7,11,13-14H2,1H3. The number of piperidine rings is 1. The molecule has 6 heteroatoms. The third-order valence-electron chi connectivity index (χ3n) is 4.16. The van der Waals surface area contributed by atoms with Crippen molar-refractivity contribution in [3.05, 3.63) is 54.0 Å². The molecular weight excluding hydrogens is 318 g/mol. The first-order chi connectivity index (χ1) is 12.3. The average Bonchev–Trinajstić information content (AvgIpc) is 2.68. The summed E-state index contributed by atoms with van der Waals surface area (Å²) in [6.45, 7) is 4.18. The zero-order valence-electron chi connectivity index (χ0n) is 14.4. The third kappa shape index (κ3) is 4.54. The van der Waals surface area contributed by atoms with Crippen LogP contribution in [0.15, 0.2) is 42.9 Å². The maximum Gasteiger partial charge on any atom is 0.259 e. The number of rotatable bonds is 6. The predicted molar refractivity (Wildman–Crippen MR) is 93.4 cm³/mol. The van der Waals surface area contributed by atoms with Crippen molar-refractivity contribution in [1.29, 1.82) is 0 Å². The molecule has 1 saturated heterocycles. The van der Waals surface area contributed by atoms with Crippen molar-refractivity contribution < 1.29 is 14.3 Å². The molecule has 1 atom stereocenters. The van der Waals surface area contributed by atoms with E-state index in [9.17, 15) is 4.79 Å². The molecule has 1 unspecified atom stereocenters. The normalized spacial score (nSPS) is 17.3. The fraction of sp³-hybridized carbons (Fsp3) is 0.421. The summed E-state index contributed by atoms with van der Waals surface area (Å²) in [6, 6.07) is 7.41. The Morgan fingerprint density at radius 3 is 3.00 bits per heavy atom. The minimum atomic E-state index is -0.0498. The maximum absolute atomic E-state index is 12.9. The molecule has 6 nitrogen and oxygen atoms in total. The number of ether oxygens (including phenoxy) is 2. The van der Waals surface area contributed by atoms with E-state index < -0.39 is 0 Å². The molecule has 0 spiro atoms. The van der Waals surface area contributed by atoms with Gasteiger partial charge in [-0.1, -0.05) is 6.07 Å². The smallest absolute Gasteiger partial charge is 0.259 e. The summed E-state index contributed by atoms with van der Waals surface area (Å²) in [4.78, 5) is 23.0. The SMILES string of the molecule is CCOc1ncccc1C(=O)N1CCCC(OCc2cccnc2)C1. The second-order valence-electron chi connectivity index (χ2n) is 5.98. The molecule has 1 amide bonds. The highest BCUT2D eigenvalue weighted by molar-refractivity contribution is 5.96. The Labute approximate surface area is 147 Å². The predicted octanol–water partition coefficient (Wildman–Crippen LogP) is 2.70. The largest absolute Gasteiger partial charge is 0.477 e. The average molecular weight is 341 g/mol. The number of aromatic nitrogens is 2. The van der Waals surface area contributed by atoms with Crippen LogP contribution in [0.3, 0.4) is 0 Å². The number of carbonyl (C=O) groups excluding carboxylic acids is 1. The molecule has 1 aliphatic rings. The Morgan fingerprint density at radius 2 is 2.20 bits per heavy atom. The van der Waals surface area contributed by atoms with Crippen LogP contribution in [0, 0.1) is 0 Å². The van der Waals surface area contributed by atoms with Gasteiger partial charge in [-0.05, 0) is 43.5 Å². The molecule has 0 aliphatic carbocycles. The Bertz CT molecular complexity index is 693. The van der Waals surface area contributed by atoms with Gasteiger partial charge in [0.15, 0.2) is 0 Å². The van der Waals surface area contributed by atoms with Gasteiger partial charge in [0.25, 0.3) is 5.91 Å². The fourth-order valence-corrected chi connectivity index (χ4v) is 2.93. The second-order valence-corrected chi connectivity index (χ2v) is 5.98. The van der Waals surface area contributed by atoms with Crippen molar-refractivity contribution in [2.24, 2.45) is 0 Å². The van der Waals surface area contributed by atoms with Gasteiger partial charge < -0.3 is 14.4 Å². The lowest BCUT2D eigenvalue weighted by atomic mass is 10.1. The van der Waals surface area contributed by atoms with Gasteiger partial charge in [-0.15, -0.1) is 0 Å². The van der Waals surface area contributed by atoms with E-state index >= 15 is 0 Å². The Balaban J connectivity index is 1.62. The number of hydrogen-bond acceptors (Lipinski definition) is 5. The van der Waals surface area contributed by atoms with E-state index in [0.717, 1.165) is 24.9 Å². The van der Waals surface area contributed by atoms with Crippen LogP contribution in [0.1, 0.15) is 35.7 Å². The lowest BCUT2D eigenvalue weighted by molar-refractivity contribution is -0.00692. The van der Waals surface area contributed by atoms with Crippen molar-refractivity contribution in [1.82, 2.24) is 14.9 Å². The summed E-state index contributed by atoms with van der Waals surface area (Å²) in [6.07, 6.45) is 7.09. The summed E-state index contributed by atoms with van der Waals surface area (Å²) < 4.78 is 11.5. The van der Waals surface area contributed by atoms with Gasteiger partial charge in [-0.2, -0.15) is 0 Å². The van der Waals surface area contributed by atoms with Crippen LogP contribution < -0.4 is 4.74 Å². The number of amides is 1. The van der Waals surface area contributed by atoms with Crippen molar-refractivity contribution in [2.45, 2.75) is 32.5 Å². The maximum atomic E-state index is 12.9. The van der Waals surface area contributed by atoms with Crippen molar-refractivity contribution >= 4 is 5.91 Å². The van der Waals surface area contributed by atoms with Gasteiger partial charge in [-0.25, -0.2) is 4.98 Å². The summed E-state index contributed by atoms with van der Waals surface area (Å²) in [5.74, 6) is 0.347. The van der Waals surface area contributed by atoms with Crippen molar-refractivity contribution in [3.8, 4) is 5.88 Å². The molecule has 1 fully saturated rings. The van der Waals surface area contributed by atoms with Crippen LogP contribution in [-0.2, 0) is 11.3 Å². The van der Waals surface area contributed by atoms with Gasteiger partial charge in [0.1, 0.15) is 5.56 Å². The Kier molecular flexibility index (Phi) is 5.95. The number of nitrogens with zero attached hydrogens (tertiary/aromatic N) is 3. The molecule has 25 heavy (non-hydrogen) atoms. The first-order valence-electron chi connectivity index (χ1n) is 8.65. The molecule has 0 radical (unpaired) electrons. The molecule has 2 aromatic rings. The number of likely N-dealkylation sites (tertiary alicyclic amines) is 1. The van der Waals surface area contributed by atoms with Crippen LogP contribution in [0.4, 0.5) is 0 Å². The molecule has 0 aromatic carbocycles. The second kappa shape index (κ2) is 8.58. The van der Waals surface area contributed by atoms with Crippen LogP contribution >= 0.6 is 0 Å². The topological polar surface area (TPSA) is 64.5 Å². The van der Waals surface area contributed by atoms with E-state index in [-0.39, 0.29) is 12.0 Å². The monoisotopic (exact) mass is 341 g/mol. The molecule has 0 bridgehead atoms. The van der Waals surface area contributed by atoms with Crippen molar-refractivity contribution in [2.75, 3.05) is 19.7 Å². The highest BCUT2D eigenvalue weighted by Gasteiger charge is 2.27. The number of hydrogen-bond donors (Lipinski definition) is 0. The summed E-state index contributed by atoms with van der Waals surface area (Å²) in [5.41, 5.74) is 1.55. The molecule has 0 N–H and O–H groups in total. The van der Waals surface area contributed by atoms with Crippen molar-refractivity contribution in [3.63, 3.8) is 0 Å². The fourth-order valence-electron chi connectivity index (χ4n) is 2.93. The van der Waals surface area contributed by atoms with E-state index in [1.165, 1.54) is 0 Å². The Hall–Kier alpha value is -2.47. The number of carbonyl (C=O) groups is 1. The molecule has 3 heterocycles. The van der Waals surface area contributed by atoms with E-state index in [0.29, 0.717) is 31.2 Å². The van der Waals surface area contributed by atoms with Crippen LogP contribution in [-0.4, -0.2) is 46.6 Å². The van der Waals surface area contributed by atoms with E-state index in [4.69, 9.17) is 9.47 Å². The number of pyridine rings is 2. The van der Waals surface area contributed by atoms with Gasteiger partial charge in [0.2, 0.25) is 5.88 Å². The summed E-state index contributed by atoms with van der Waals surface area (Å²) >= 11 is 0. The molecule has 1 aliphatic heterocycles. The van der Waals surface area contributed by atoms with E-state index in [1.807, 2.05) is 24.0 Å². The van der Waals surface area contributed by atoms with E-state index in [2.05, 4.69) is 9.97 Å². The molecule has 132 valence electrons. The minimum absolute atomic E-state index is 0.0325. The zero-order chi connectivity index (χ0) is 17.5. The molecular formula is C19H23N3O3. The van der Waals surface area contributed by atoms with Crippen LogP contribution in [0.2, 0.25) is 0 Å². The summed E-state index contributed by atoms with van der Waals surface area (Å²) in [7, 11) is 0. The van der Waals surface area contributed by atoms with Gasteiger partial charge >= 0.3 is 0 Å². The summed E-state index contributed by atoms with van der Waals surface area (Å²) in [5, 5.41) is 0. The minimum Gasteiger partial charge on any atom is -0.477 e. The first-order valence-corrected chi connectivity index (χ1v) is 8.65. The molecule has 3 rings (SSSR count). The Morgan fingerprint density at radius 1 is 1.32 bits per heavy atom. The quantitative estimate of drug-likeness (QED) is 0.808. The van der Waals surface area contributed by atoms with E-state index in [1.54, 1.807) is 30.7 Å². The van der Waals surface area contributed by atoms with Gasteiger partial charge in [0.05, 0.1) is 19.3 Å². The zero-order valence-corrected chi connectivity index (χ0v) is 14.4.